The molecule has 0 aliphatic carbocycles. The summed E-state index contributed by atoms with van der Waals surface area (Å²) in [7, 11) is 1.74. The summed E-state index contributed by atoms with van der Waals surface area (Å²) in [6.07, 6.45) is 1.33. The van der Waals surface area contributed by atoms with E-state index in [-0.39, 0.29) is 0 Å². The fourth-order valence-corrected chi connectivity index (χ4v) is 3.52. The Labute approximate surface area is 123 Å². The predicted molar refractivity (Wildman–Crippen MR) is 83.5 cm³/mol. The van der Waals surface area contributed by atoms with E-state index in [4.69, 9.17) is 10.5 Å². The van der Waals surface area contributed by atoms with Gasteiger partial charge in [-0.3, -0.25) is 4.90 Å². The van der Waals surface area contributed by atoms with Crippen LogP contribution in [0.4, 0.5) is 0 Å². The van der Waals surface area contributed by atoms with Crippen molar-refractivity contribution in [3.05, 3.63) is 35.4 Å². The highest BCUT2D eigenvalue weighted by Gasteiger charge is 2.27. The number of nitrogens with two attached hydrogens (primary N) is 1. The van der Waals surface area contributed by atoms with Crippen molar-refractivity contribution in [2.24, 2.45) is 17.6 Å². The molecule has 0 aromatic heterocycles. The number of piperidine rings is 1. The van der Waals surface area contributed by atoms with E-state index in [2.05, 4.69) is 43.0 Å². The lowest BCUT2D eigenvalue weighted by atomic mass is 9.89. The van der Waals surface area contributed by atoms with Crippen LogP contribution in [0.3, 0.4) is 0 Å². The van der Waals surface area contributed by atoms with Crippen molar-refractivity contribution >= 4 is 0 Å². The van der Waals surface area contributed by atoms with E-state index in [1.807, 2.05) is 0 Å². The second-order valence-electron chi connectivity index (χ2n) is 6.33. The van der Waals surface area contributed by atoms with E-state index in [9.17, 15) is 0 Å². The van der Waals surface area contributed by atoms with Crippen LogP contribution >= 0.6 is 0 Å². The average molecular weight is 276 g/mol. The van der Waals surface area contributed by atoms with Gasteiger partial charge in [0.2, 0.25) is 0 Å². The van der Waals surface area contributed by atoms with Gasteiger partial charge in [-0.15, -0.1) is 0 Å². The maximum absolute atomic E-state index is 6.08. The van der Waals surface area contributed by atoms with Gasteiger partial charge in [0, 0.05) is 32.8 Å². The van der Waals surface area contributed by atoms with Crippen molar-refractivity contribution < 1.29 is 4.74 Å². The summed E-state index contributed by atoms with van der Waals surface area (Å²) in [6.45, 7) is 8.34. The van der Waals surface area contributed by atoms with Gasteiger partial charge in [0.15, 0.2) is 0 Å². The van der Waals surface area contributed by atoms with Crippen molar-refractivity contribution in [1.82, 2.24) is 4.90 Å². The molecule has 3 heteroatoms. The average Bonchev–Trinajstić information content (AvgIpc) is 2.39. The lowest BCUT2D eigenvalue weighted by Crippen LogP contribution is -2.43. The van der Waals surface area contributed by atoms with Crippen LogP contribution in [0.1, 0.15) is 37.4 Å². The molecule has 0 amide bonds. The molecule has 2 rings (SSSR count). The number of nitrogens with zero attached hydrogens (tertiary/aromatic N) is 1. The van der Waals surface area contributed by atoms with Gasteiger partial charge < -0.3 is 10.5 Å². The summed E-state index contributed by atoms with van der Waals surface area (Å²) in [4.78, 5) is 2.56. The summed E-state index contributed by atoms with van der Waals surface area (Å²) < 4.78 is 5.23. The Morgan fingerprint density at radius 3 is 2.60 bits per heavy atom. The molecule has 1 aliphatic heterocycles. The Morgan fingerprint density at radius 1 is 1.30 bits per heavy atom. The van der Waals surface area contributed by atoms with Gasteiger partial charge in [0.25, 0.3) is 0 Å². The van der Waals surface area contributed by atoms with Crippen LogP contribution in [0.25, 0.3) is 0 Å². The minimum absolute atomic E-state index is 0.331. The molecule has 2 N–H and O–H groups in total. The Morgan fingerprint density at radius 2 is 2.00 bits per heavy atom. The minimum Gasteiger partial charge on any atom is -0.380 e. The molecular weight excluding hydrogens is 248 g/mol. The monoisotopic (exact) mass is 276 g/mol. The van der Waals surface area contributed by atoms with Gasteiger partial charge in [-0.25, -0.2) is 0 Å². The molecule has 0 spiro atoms. The lowest BCUT2D eigenvalue weighted by Gasteiger charge is -2.40. The molecule has 1 heterocycles. The van der Waals surface area contributed by atoms with Crippen LogP contribution in [-0.4, -0.2) is 31.6 Å². The quantitative estimate of drug-likeness (QED) is 0.898. The minimum atomic E-state index is 0.331. The Bertz CT molecular complexity index is 411. The zero-order chi connectivity index (χ0) is 14.5. The van der Waals surface area contributed by atoms with E-state index in [0.29, 0.717) is 19.2 Å². The number of benzene rings is 1. The van der Waals surface area contributed by atoms with Gasteiger partial charge in [-0.2, -0.15) is 0 Å². The zero-order valence-corrected chi connectivity index (χ0v) is 13.0. The van der Waals surface area contributed by atoms with Crippen LogP contribution in [0, 0.1) is 11.8 Å². The van der Waals surface area contributed by atoms with Crippen molar-refractivity contribution in [1.29, 1.82) is 0 Å². The van der Waals surface area contributed by atoms with Crippen LogP contribution < -0.4 is 5.73 Å². The van der Waals surface area contributed by atoms with Crippen LogP contribution in [0.5, 0.6) is 0 Å². The number of hydrogen-bond donors (Lipinski definition) is 1. The third-order valence-corrected chi connectivity index (χ3v) is 4.21. The number of ether oxygens (including phenoxy) is 1. The first-order valence-electron chi connectivity index (χ1n) is 7.66. The number of rotatable bonds is 5. The highest BCUT2D eigenvalue weighted by atomic mass is 16.5. The van der Waals surface area contributed by atoms with E-state index in [1.165, 1.54) is 17.5 Å². The summed E-state index contributed by atoms with van der Waals surface area (Å²) in [5.41, 5.74) is 8.62. The lowest BCUT2D eigenvalue weighted by molar-refractivity contribution is 0.0982. The zero-order valence-electron chi connectivity index (χ0n) is 13.0. The van der Waals surface area contributed by atoms with Gasteiger partial charge in [-0.05, 0) is 29.4 Å². The number of likely N-dealkylation sites (tertiary alicyclic amines) is 1. The number of hydrogen-bond acceptors (Lipinski definition) is 3. The van der Waals surface area contributed by atoms with Crippen LogP contribution in [0.2, 0.25) is 0 Å². The maximum atomic E-state index is 6.08. The van der Waals surface area contributed by atoms with E-state index >= 15 is 0 Å². The second-order valence-corrected chi connectivity index (χ2v) is 6.33. The molecule has 1 fully saturated rings. The van der Waals surface area contributed by atoms with Gasteiger partial charge in [0.1, 0.15) is 0 Å². The highest BCUT2D eigenvalue weighted by Crippen LogP contribution is 2.29. The molecule has 3 atom stereocenters. The molecule has 0 radical (unpaired) electrons. The molecule has 1 aliphatic rings. The Kier molecular flexibility index (Phi) is 5.58. The highest BCUT2D eigenvalue weighted by molar-refractivity contribution is 5.26. The van der Waals surface area contributed by atoms with Gasteiger partial charge >= 0.3 is 0 Å². The molecule has 112 valence electrons. The van der Waals surface area contributed by atoms with Crippen molar-refractivity contribution in [2.75, 3.05) is 26.7 Å². The third-order valence-electron chi connectivity index (χ3n) is 4.21. The Balaban J connectivity index is 2.16. The second kappa shape index (κ2) is 7.21. The first kappa shape index (κ1) is 15.5. The van der Waals surface area contributed by atoms with Gasteiger partial charge in [-0.1, -0.05) is 38.1 Å². The largest absolute Gasteiger partial charge is 0.380 e. The molecule has 1 saturated heterocycles. The first-order valence-corrected chi connectivity index (χ1v) is 7.66. The van der Waals surface area contributed by atoms with Crippen LogP contribution in [-0.2, 0) is 11.3 Å². The summed E-state index contributed by atoms with van der Waals surface area (Å²) in [6, 6.07) is 8.99. The molecule has 20 heavy (non-hydrogen) atoms. The van der Waals surface area contributed by atoms with Crippen molar-refractivity contribution in [3.8, 4) is 0 Å². The van der Waals surface area contributed by atoms with Crippen molar-refractivity contribution in [3.63, 3.8) is 0 Å². The molecular formula is C17H28N2O. The van der Waals surface area contributed by atoms with E-state index in [0.717, 1.165) is 24.9 Å². The first-order chi connectivity index (χ1) is 9.63. The molecule has 3 nitrogen and oxygen atoms in total. The van der Waals surface area contributed by atoms with Gasteiger partial charge in [0.05, 0.1) is 6.61 Å². The van der Waals surface area contributed by atoms with Crippen molar-refractivity contribution in [2.45, 2.75) is 32.9 Å². The normalized spacial score (nSPS) is 25.6. The summed E-state index contributed by atoms with van der Waals surface area (Å²) in [5.74, 6) is 1.52. The molecule has 1 aromatic rings. The summed E-state index contributed by atoms with van der Waals surface area (Å²) in [5, 5.41) is 0. The topological polar surface area (TPSA) is 38.5 Å². The van der Waals surface area contributed by atoms with E-state index < -0.39 is 0 Å². The number of methoxy groups -OCH3 is 1. The molecule has 3 unspecified atom stereocenters. The maximum Gasteiger partial charge on any atom is 0.0713 e. The SMILES string of the molecule is COCc1cccc(C(CN)N2CC(C)CC(C)C2)c1. The molecule has 0 saturated carbocycles. The third kappa shape index (κ3) is 3.81. The predicted octanol–water partition coefficient (Wildman–Crippen LogP) is 2.81. The molecule has 1 aromatic carbocycles. The molecule has 0 bridgehead atoms. The van der Waals surface area contributed by atoms with E-state index in [1.54, 1.807) is 7.11 Å². The fourth-order valence-electron chi connectivity index (χ4n) is 3.52. The Hall–Kier alpha value is -0.900. The smallest absolute Gasteiger partial charge is 0.0713 e. The standard InChI is InChI=1S/C17H28N2O/c1-13-7-14(2)11-19(10-13)17(9-18)16-6-4-5-15(8-16)12-20-3/h4-6,8,13-14,17H,7,9-12,18H2,1-3H3. The van der Waals surface area contributed by atoms with Crippen LogP contribution in [0.15, 0.2) is 24.3 Å². The fraction of sp³-hybridized carbons (Fsp3) is 0.647. The summed E-state index contributed by atoms with van der Waals surface area (Å²) >= 11 is 0.